The molecule has 0 spiro atoms. The highest BCUT2D eigenvalue weighted by Gasteiger charge is 1.92. The molecule has 0 saturated carbocycles. The van der Waals surface area contributed by atoms with Crippen molar-refractivity contribution in [3.8, 4) is 6.07 Å². The Morgan fingerprint density at radius 2 is 2.38 bits per heavy atom. The molecule has 3 heteroatoms. The Hall–Kier alpha value is -1.30. The molecule has 0 aliphatic carbocycles. The van der Waals surface area contributed by atoms with Gasteiger partial charge in [0.05, 0.1) is 6.07 Å². The van der Waals surface area contributed by atoms with Gasteiger partial charge in [-0.15, -0.1) is 0 Å². The molecule has 2 N–H and O–H groups in total. The first kappa shape index (κ1) is 6.70. The Kier molecular flexibility index (Phi) is 2.35. The van der Waals surface area contributed by atoms with Crippen LogP contribution in [0.15, 0.2) is 11.6 Å². The Morgan fingerprint density at radius 3 is 2.50 bits per heavy atom. The van der Waals surface area contributed by atoms with E-state index in [0.717, 1.165) is 6.08 Å². The third kappa shape index (κ3) is 1.98. The number of carbonyl (C=O) groups excluding carboxylic acids is 1. The summed E-state index contributed by atoms with van der Waals surface area (Å²) in [6, 6.07) is 1.69. The Labute approximate surface area is 47.4 Å². The fourth-order valence-electron chi connectivity index (χ4n) is 0.168. The number of nitrogens with zero attached hydrogens (tertiary/aromatic N) is 1. The smallest absolute Gasteiger partial charge is 0.245 e. The second-order valence-electron chi connectivity index (χ2n) is 1.32. The van der Waals surface area contributed by atoms with Crippen molar-refractivity contribution >= 4 is 5.91 Å². The summed E-state index contributed by atoms with van der Waals surface area (Å²) in [4.78, 5) is 10.1. The second kappa shape index (κ2) is 2.80. The number of carbonyl (C=O) groups is 1. The first-order valence-corrected chi connectivity index (χ1v) is 2.04. The van der Waals surface area contributed by atoms with Crippen LogP contribution in [0.4, 0.5) is 0 Å². The molecule has 0 rings (SSSR count). The molecular formula is C5H6N2O. The van der Waals surface area contributed by atoms with Crippen molar-refractivity contribution in [3.05, 3.63) is 11.6 Å². The van der Waals surface area contributed by atoms with Crippen LogP contribution in [0, 0.1) is 11.3 Å². The van der Waals surface area contributed by atoms with E-state index in [1.165, 1.54) is 6.92 Å². The molecule has 0 radical (unpaired) electrons. The Balaban J connectivity index is 4.06. The number of nitriles is 1. The zero-order chi connectivity index (χ0) is 6.57. The van der Waals surface area contributed by atoms with Crippen molar-refractivity contribution < 1.29 is 4.79 Å². The fraction of sp³-hybridized carbons (Fsp3) is 0.200. The van der Waals surface area contributed by atoms with E-state index in [1.807, 2.05) is 0 Å². The van der Waals surface area contributed by atoms with Crippen LogP contribution < -0.4 is 5.73 Å². The maximum atomic E-state index is 10.1. The van der Waals surface area contributed by atoms with E-state index in [2.05, 4.69) is 0 Å². The quantitative estimate of drug-likeness (QED) is 0.379. The van der Waals surface area contributed by atoms with Crippen LogP contribution in [0.25, 0.3) is 0 Å². The van der Waals surface area contributed by atoms with Crippen LogP contribution >= 0.6 is 0 Å². The van der Waals surface area contributed by atoms with Gasteiger partial charge in [-0.3, -0.25) is 4.79 Å². The van der Waals surface area contributed by atoms with Gasteiger partial charge in [0.25, 0.3) is 0 Å². The van der Waals surface area contributed by atoms with Crippen molar-refractivity contribution in [2.45, 2.75) is 6.92 Å². The monoisotopic (exact) mass is 110 g/mol. The molecule has 0 fully saturated rings. The largest absolute Gasteiger partial charge is 0.366 e. The highest BCUT2D eigenvalue weighted by molar-refractivity contribution is 5.91. The van der Waals surface area contributed by atoms with Gasteiger partial charge in [0.15, 0.2) is 0 Å². The summed E-state index contributed by atoms with van der Waals surface area (Å²) in [5.74, 6) is -0.549. The lowest BCUT2D eigenvalue weighted by molar-refractivity contribution is -0.114. The summed E-state index contributed by atoms with van der Waals surface area (Å²) >= 11 is 0. The maximum absolute atomic E-state index is 10.1. The van der Waals surface area contributed by atoms with Gasteiger partial charge in [0, 0.05) is 11.6 Å². The molecule has 1 amide bonds. The lowest BCUT2D eigenvalue weighted by atomic mass is 10.3. The van der Waals surface area contributed by atoms with E-state index in [4.69, 9.17) is 11.0 Å². The molecule has 0 bridgehead atoms. The summed E-state index contributed by atoms with van der Waals surface area (Å²) in [6.45, 7) is 1.49. The zero-order valence-corrected chi connectivity index (χ0v) is 4.51. The number of hydrogen-bond acceptors (Lipinski definition) is 2. The van der Waals surface area contributed by atoms with Crippen LogP contribution in [-0.2, 0) is 4.79 Å². The van der Waals surface area contributed by atoms with E-state index < -0.39 is 5.91 Å². The highest BCUT2D eigenvalue weighted by Crippen LogP contribution is 1.85. The van der Waals surface area contributed by atoms with Crippen molar-refractivity contribution in [1.29, 1.82) is 5.26 Å². The minimum Gasteiger partial charge on any atom is -0.366 e. The zero-order valence-electron chi connectivity index (χ0n) is 4.51. The van der Waals surface area contributed by atoms with Gasteiger partial charge < -0.3 is 5.73 Å². The molecule has 0 aliphatic heterocycles. The summed E-state index contributed by atoms with van der Waals surface area (Å²) in [6.07, 6.45) is 1.11. The van der Waals surface area contributed by atoms with Crippen molar-refractivity contribution in [2.75, 3.05) is 0 Å². The normalized spacial score (nSPS) is 10.2. The average molecular weight is 110 g/mol. The minimum absolute atomic E-state index is 0.285. The number of amides is 1. The molecular weight excluding hydrogens is 104 g/mol. The van der Waals surface area contributed by atoms with Gasteiger partial charge in [-0.1, -0.05) is 0 Å². The van der Waals surface area contributed by atoms with Gasteiger partial charge in [-0.2, -0.15) is 5.26 Å². The van der Waals surface area contributed by atoms with E-state index in [1.54, 1.807) is 6.07 Å². The predicted molar refractivity (Wildman–Crippen MR) is 28.6 cm³/mol. The Morgan fingerprint density at radius 1 is 1.88 bits per heavy atom. The van der Waals surface area contributed by atoms with E-state index in [0.29, 0.717) is 0 Å². The van der Waals surface area contributed by atoms with Gasteiger partial charge in [-0.05, 0) is 6.92 Å². The molecule has 0 aromatic heterocycles. The Bertz CT molecular complexity index is 164. The summed E-state index contributed by atoms with van der Waals surface area (Å²) in [5, 5.41) is 7.95. The number of primary amides is 1. The molecule has 0 unspecified atom stereocenters. The topological polar surface area (TPSA) is 66.9 Å². The summed E-state index contributed by atoms with van der Waals surface area (Å²) in [5.41, 5.74) is 5.05. The second-order valence-corrected chi connectivity index (χ2v) is 1.32. The molecule has 0 aromatic rings. The van der Waals surface area contributed by atoms with Crippen LogP contribution in [0.5, 0.6) is 0 Å². The number of hydrogen-bond donors (Lipinski definition) is 1. The van der Waals surface area contributed by atoms with E-state index in [-0.39, 0.29) is 5.57 Å². The SMILES string of the molecule is CC(=CC#N)C(N)=O. The fourth-order valence-corrected chi connectivity index (χ4v) is 0.168. The molecule has 0 saturated heterocycles. The van der Waals surface area contributed by atoms with Crippen LogP contribution in [0.3, 0.4) is 0 Å². The number of nitrogens with two attached hydrogens (primary N) is 1. The van der Waals surface area contributed by atoms with Gasteiger partial charge in [-0.25, -0.2) is 0 Å². The maximum Gasteiger partial charge on any atom is 0.245 e. The lowest BCUT2D eigenvalue weighted by Gasteiger charge is -1.84. The molecule has 0 atom stereocenters. The standard InChI is InChI=1S/C5H6N2O/c1-4(2-3-6)5(7)8/h2H,1H3,(H2,7,8). The average Bonchev–Trinajstić information content (AvgIpc) is 1.67. The minimum atomic E-state index is -0.549. The van der Waals surface area contributed by atoms with Crippen molar-refractivity contribution in [1.82, 2.24) is 0 Å². The molecule has 0 heterocycles. The predicted octanol–water partition coefficient (Wildman–Crippen LogP) is -0.0584. The number of allylic oxidation sites excluding steroid dienone is 1. The lowest BCUT2D eigenvalue weighted by Crippen LogP contribution is -2.11. The van der Waals surface area contributed by atoms with Gasteiger partial charge in [0.2, 0.25) is 5.91 Å². The first-order valence-electron chi connectivity index (χ1n) is 2.04. The van der Waals surface area contributed by atoms with Crippen LogP contribution in [-0.4, -0.2) is 5.91 Å². The highest BCUT2D eigenvalue weighted by atomic mass is 16.1. The molecule has 0 aromatic carbocycles. The van der Waals surface area contributed by atoms with Gasteiger partial charge in [0.1, 0.15) is 0 Å². The first-order chi connectivity index (χ1) is 3.68. The summed E-state index contributed by atoms with van der Waals surface area (Å²) < 4.78 is 0. The van der Waals surface area contributed by atoms with E-state index >= 15 is 0 Å². The van der Waals surface area contributed by atoms with Crippen LogP contribution in [0.1, 0.15) is 6.92 Å². The van der Waals surface area contributed by atoms with Crippen LogP contribution in [0.2, 0.25) is 0 Å². The van der Waals surface area contributed by atoms with Crippen molar-refractivity contribution in [3.63, 3.8) is 0 Å². The van der Waals surface area contributed by atoms with E-state index in [9.17, 15) is 4.79 Å². The molecule has 8 heavy (non-hydrogen) atoms. The molecule has 0 aliphatic rings. The van der Waals surface area contributed by atoms with Gasteiger partial charge >= 0.3 is 0 Å². The van der Waals surface area contributed by atoms with Crippen molar-refractivity contribution in [2.24, 2.45) is 5.73 Å². The third-order valence-corrected chi connectivity index (χ3v) is 0.670. The third-order valence-electron chi connectivity index (χ3n) is 0.670. The summed E-state index contributed by atoms with van der Waals surface area (Å²) in [7, 11) is 0. The molecule has 3 nitrogen and oxygen atoms in total. The molecule has 42 valence electrons. The number of rotatable bonds is 1.